The van der Waals surface area contributed by atoms with E-state index < -0.39 is 15.9 Å². The number of hydrogen-bond donors (Lipinski definition) is 0. The molecule has 1 unspecified atom stereocenters. The second-order valence-electron chi connectivity index (χ2n) is 7.12. The summed E-state index contributed by atoms with van der Waals surface area (Å²) in [6.45, 7) is 0.137. The molecule has 4 rings (SSSR count). The van der Waals surface area contributed by atoms with Gasteiger partial charge in [-0.3, -0.25) is 4.79 Å². The van der Waals surface area contributed by atoms with Crippen LogP contribution in [0.4, 0.5) is 4.39 Å². The molecule has 158 valence electrons. The summed E-state index contributed by atoms with van der Waals surface area (Å²) in [5.74, 6) is -0.874. The van der Waals surface area contributed by atoms with Crippen LogP contribution in [0.5, 0.6) is 0 Å². The Bertz CT molecular complexity index is 1240. The molecule has 1 aliphatic heterocycles. The van der Waals surface area contributed by atoms with Gasteiger partial charge in [-0.2, -0.15) is 0 Å². The van der Waals surface area contributed by atoms with Crippen molar-refractivity contribution < 1.29 is 17.6 Å². The molecule has 4 nitrogen and oxygen atoms in total. The zero-order valence-electron chi connectivity index (χ0n) is 15.4. The normalized spacial score (nSPS) is 18.1. The van der Waals surface area contributed by atoms with Crippen LogP contribution in [0.3, 0.4) is 0 Å². The maximum Gasteiger partial charge on any atom is 0.266 e. The molecule has 1 saturated heterocycles. The molecule has 0 spiro atoms. The maximum absolute atomic E-state index is 13.5. The van der Waals surface area contributed by atoms with Gasteiger partial charge < -0.3 is 4.90 Å². The first-order valence-electron chi connectivity index (χ1n) is 8.97. The van der Waals surface area contributed by atoms with Crippen molar-refractivity contribution in [2.45, 2.75) is 19.0 Å². The van der Waals surface area contributed by atoms with Crippen LogP contribution in [-0.2, 0) is 16.4 Å². The molecule has 0 aliphatic carbocycles. The third-order valence-electron chi connectivity index (χ3n) is 5.02. The molecule has 1 aromatic heterocycles. The molecule has 1 atom stereocenters. The summed E-state index contributed by atoms with van der Waals surface area (Å²) in [4.78, 5) is 15.3. The molecule has 0 saturated carbocycles. The highest BCUT2D eigenvalue weighted by Gasteiger charge is 2.36. The van der Waals surface area contributed by atoms with E-state index in [1.54, 1.807) is 24.3 Å². The van der Waals surface area contributed by atoms with E-state index in [2.05, 4.69) is 0 Å². The van der Waals surface area contributed by atoms with Crippen molar-refractivity contribution >= 4 is 72.0 Å². The fourth-order valence-electron chi connectivity index (χ4n) is 3.55. The standard InChI is InChI=1S/C20H15Cl3FNO3S2/c21-12-7-15(22)17-16(8-12)29-19(18(17)23)20(26)25(14-5-6-30(27,28)10-14)9-11-1-3-13(24)4-2-11/h1-4,7-8,14H,5-6,9-10H2. The van der Waals surface area contributed by atoms with Crippen molar-refractivity contribution in [3.05, 3.63) is 67.7 Å². The van der Waals surface area contributed by atoms with Gasteiger partial charge in [0.25, 0.3) is 5.91 Å². The molecule has 2 aromatic carbocycles. The average molecular weight is 507 g/mol. The van der Waals surface area contributed by atoms with Crippen molar-refractivity contribution in [3.8, 4) is 0 Å². The van der Waals surface area contributed by atoms with Crippen LogP contribution in [0.25, 0.3) is 10.1 Å². The largest absolute Gasteiger partial charge is 0.330 e. The van der Waals surface area contributed by atoms with Gasteiger partial charge in [-0.1, -0.05) is 46.9 Å². The minimum Gasteiger partial charge on any atom is -0.330 e. The molecule has 10 heteroatoms. The van der Waals surface area contributed by atoms with Crippen molar-refractivity contribution in [3.63, 3.8) is 0 Å². The molecule has 30 heavy (non-hydrogen) atoms. The minimum atomic E-state index is -3.22. The van der Waals surface area contributed by atoms with E-state index in [0.717, 1.165) is 11.3 Å². The number of carbonyl (C=O) groups is 1. The van der Waals surface area contributed by atoms with E-state index >= 15 is 0 Å². The lowest BCUT2D eigenvalue weighted by atomic mass is 10.1. The first-order chi connectivity index (χ1) is 14.1. The molecule has 1 aliphatic rings. The lowest BCUT2D eigenvalue weighted by molar-refractivity contribution is 0.0686. The van der Waals surface area contributed by atoms with Gasteiger partial charge >= 0.3 is 0 Å². The predicted molar refractivity (Wildman–Crippen MR) is 120 cm³/mol. The second-order valence-corrected chi connectivity index (χ2v) is 11.6. The number of sulfone groups is 1. The van der Waals surface area contributed by atoms with Crippen LogP contribution in [0, 0.1) is 5.82 Å². The van der Waals surface area contributed by atoms with Crippen LogP contribution in [0.2, 0.25) is 15.1 Å². The molecule has 2 heterocycles. The number of nitrogens with zero attached hydrogens (tertiary/aromatic N) is 1. The summed E-state index contributed by atoms with van der Waals surface area (Å²) in [6.07, 6.45) is 0.338. The summed E-state index contributed by atoms with van der Waals surface area (Å²) >= 11 is 20.0. The van der Waals surface area contributed by atoms with Gasteiger partial charge in [0.05, 0.1) is 21.6 Å². The smallest absolute Gasteiger partial charge is 0.266 e. The molecule has 3 aromatic rings. The van der Waals surface area contributed by atoms with Gasteiger partial charge in [0.1, 0.15) is 10.7 Å². The fourth-order valence-corrected chi connectivity index (χ4v) is 7.61. The Morgan fingerprint density at radius 3 is 2.50 bits per heavy atom. The summed E-state index contributed by atoms with van der Waals surface area (Å²) in [6, 6.07) is 8.49. The van der Waals surface area contributed by atoms with Crippen molar-refractivity contribution in [2.24, 2.45) is 0 Å². The summed E-state index contributed by atoms with van der Waals surface area (Å²) in [7, 11) is -3.22. The Morgan fingerprint density at radius 1 is 1.17 bits per heavy atom. The number of fused-ring (bicyclic) bond motifs is 1. The van der Waals surface area contributed by atoms with Gasteiger partial charge in [0.15, 0.2) is 9.84 Å². The van der Waals surface area contributed by atoms with Crippen LogP contribution < -0.4 is 0 Å². The molecular formula is C20H15Cl3FNO3S2. The molecule has 1 fully saturated rings. The van der Waals surface area contributed by atoms with Crippen LogP contribution in [-0.4, -0.2) is 36.8 Å². The molecular weight excluding hydrogens is 492 g/mol. The monoisotopic (exact) mass is 505 g/mol. The van der Waals surface area contributed by atoms with Crippen molar-refractivity contribution in [2.75, 3.05) is 11.5 Å². The van der Waals surface area contributed by atoms with E-state index in [1.807, 2.05) is 0 Å². The zero-order valence-corrected chi connectivity index (χ0v) is 19.3. The third kappa shape index (κ3) is 4.32. The predicted octanol–water partition coefficient (Wildman–Crippen LogP) is 5.83. The highest BCUT2D eigenvalue weighted by atomic mass is 35.5. The minimum absolute atomic E-state index is 0.0203. The number of rotatable bonds is 4. The molecule has 0 radical (unpaired) electrons. The van der Waals surface area contributed by atoms with E-state index in [9.17, 15) is 17.6 Å². The average Bonchev–Trinajstić information content (AvgIpc) is 3.20. The van der Waals surface area contributed by atoms with Gasteiger partial charge in [0.2, 0.25) is 0 Å². The Morgan fingerprint density at radius 2 is 1.87 bits per heavy atom. The topological polar surface area (TPSA) is 54.5 Å². The molecule has 0 bridgehead atoms. The Kier molecular flexibility index (Phi) is 6.03. The van der Waals surface area contributed by atoms with Crippen LogP contribution in [0.1, 0.15) is 21.7 Å². The number of halogens is 4. The van der Waals surface area contributed by atoms with Crippen LogP contribution >= 0.6 is 46.1 Å². The third-order valence-corrected chi connectivity index (χ3v) is 8.90. The number of hydrogen-bond acceptors (Lipinski definition) is 4. The highest BCUT2D eigenvalue weighted by molar-refractivity contribution is 7.91. The maximum atomic E-state index is 13.5. The Balaban J connectivity index is 1.75. The fraction of sp³-hybridized carbons (Fsp3) is 0.250. The summed E-state index contributed by atoms with van der Waals surface area (Å²) < 4.78 is 38.1. The van der Waals surface area contributed by atoms with E-state index in [0.29, 0.717) is 32.1 Å². The number of benzene rings is 2. The van der Waals surface area contributed by atoms with E-state index in [-0.39, 0.29) is 39.7 Å². The van der Waals surface area contributed by atoms with Gasteiger partial charge in [-0.05, 0) is 36.2 Å². The SMILES string of the molecule is O=C(c1sc2cc(Cl)cc(Cl)c2c1Cl)N(Cc1ccc(F)cc1)C1CCS(=O)(=O)C1. The van der Waals surface area contributed by atoms with Crippen molar-refractivity contribution in [1.82, 2.24) is 4.90 Å². The summed E-state index contributed by atoms with van der Waals surface area (Å²) in [5.41, 5.74) is 0.687. The van der Waals surface area contributed by atoms with Crippen molar-refractivity contribution in [1.29, 1.82) is 0 Å². The van der Waals surface area contributed by atoms with E-state index in [1.165, 1.54) is 17.0 Å². The number of amides is 1. The van der Waals surface area contributed by atoms with E-state index in [4.69, 9.17) is 34.8 Å². The first-order valence-corrected chi connectivity index (χ1v) is 12.7. The number of thiophene rings is 1. The summed E-state index contributed by atoms with van der Waals surface area (Å²) in [5, 5.41) is 1.52. The number of carbonyl (C=O) groups excluding carboxylic acids is 1. The molecule has 1 amide bonds. The highest BCUT2D eigenvalue weighted by Crippen LogP contribution is 2.42. The Hall–Kier alpha value is -1.38. The molecule has 0 N–H and O–H groups in total. The van der Waals surface area contributed by atoms with Gasteiger partial charge in [-0.25, -0.2) is 12.8 Å². The second kappa shape index (κ2) is 8.28. The Labute approximate surface area is 192 Å². The lowest BCUT2D eigenvalue weighted by Gasteiger charge is -2.28. The van der Waals surface area contributed by atoms with Gasteiger partial charge in [0, 0.05) is 27.7 Å². The van der Waals surface area contributed by atoms with Gasteiger partial charge in [-0.15, -0.1) is 11.3 Å². The lowest BCUT2D eigenvalue weighted by Crippen LogP contribution is -2.40. The zero-order chi connectivity index (χ0) is 21.6. The van der Waals surface area contributed by atoms with Crippen LogP contribution in [0.15, 0.2) is 36.4 Å². The first kappa shape index (κ1) is 21.8. The quantitative estimate of drug-likeness (QED) is 0.447.